The number of nitrogens with zero attached hydrogens (tertiary/aromatic N) is 3. The standard InChI is InChI=1S/C14H17N5O2/c20-12(21)11-5-3-10(4-6-11)9-15-14(7-1-2-8-14)13-16-18-19-17-13/h3-6,15H,1-2,7-9H2,(H,20,21)(H,16,17,18,19). The maximum atomic E-state index is 10.8. The van der Waals surface area contributed by atoms with E-state index in [4.69, 9.17) is 5.11 Å². The average molecular weight is 287 g/mol. The summed E-state index contributed by atoms with van der Waals surface area (Å²) in [5.41, 5.74) is 1.11. The molecule has 1 fully saturated rings. The van der Waals surface area contributed by atoms with E-state index in [0.29, 0.717) is 17.9 Å². The van der Waals surface area contributed by atoms with Crippen molar-refractivity contribution in [3.63, 3.8) is 0 Å². The lowest BCUT2D eigenvalue weighted by Gasteiger charge is -2.26. The molecule has 0 radical (unpaired) electrons. The third kappa shape index (κ3) is 2.78. The van der Waals surface area contributed by atoms with Crippen molar-refractivity contribution < 1.29 is 9.90 Å². The van der Waals surface area contributed by atoms with Crippen molar-refractivity contribution in [2.75, 3.05) is 0 Å². The van der Waals surface area contributed by atoms with E-state index in [-0.39, 0.29) is 5.54 Å². The summed E-state index contributed by atoms with van der Waals surface area (Å²) < 4.78 is 0. The van der Waals surface area contributed by atoms with Gasteiger partial charge in [-0.3, -0.25) is 0 Å². The first-order chi connectivity index (χ1) is 10.2. The highest BCUT2D eigenvalue weighted by Gasteiger charge is 2.38. The number of tetrazole rings is 1. The van der Waals surface area contributed by atoms with Crippen LogP contribution >= 0.6 is 0 Å². The number of aromatic carboxylic acids is 1. The Morgan fingerprint density at radius 2 is 2.00 bits per heavy atom. The van der Waals surface area contributed by atoms with Gasteiger partial charge in [-0.15, -0.1) is 10.2 Å². The molecule has 21 heavy (non-hydrogen) atoms. The summed E-state index contributed by atoms with van der Waals surface area (Å²) in [5, 5.41) is 26.9. The van der Waals surface area contributed by atoms with Crippen LogP contribution in [-0.4, -0.2) is 31.7 Å². The molecule has 0 bridgehead atoms. The molecular weight excluding hydrogens is 270 g/mol. The molecular formula is C14H17N5O2. The summed E-state index contributed by atoms with van der Waals surface area (Å²) in [6, 6.07) is 6.90. The molecule has 0 unspecified atom stereocenters. The second-order valence-corrected chi connectivity index (χ2v) is 5.38. The van der Waals surface area contributed by atoms with Crippen molar-refractivity contribution in [3.8, 4) is 0 Å². The number of hydrogen-bond acceptors (Lipinski definition) is 5. The first-order valence-corrected chi connectivity index (χ1v) is 7.01. The van der Waals surface area contributed by atoms with E-state index >= 15 is 0 Å². The van der Waals surface area contributed by atoms with Gasteiger partial charge < -0.3 is 10.4 Å². The van der Waals surface area contributed by atoms with Crippen LogP contribution in [0.2, 0.25) is 0 Å². The van der Waals surface area contributed by atoms with Crippen LogP contribution in [-0.2, 0) is 12.1 Å². The molecule has 0 saturated heterocycles. The molecule has 7 nitrogen and oxygen atoms in total. The quantitative estimate of drug-likeness (QED) is 0.769. The van der Waals surface area contributed by atoms with Crippen molar-refractivity contribution in [2.45, 2.75) is 37.8 Å². The number of aromatic amines is 1. The molecule has 0 spiro atoms. The number of benzene rings is 1. The van der Waals surface area contributed by atoms with E-state index in [9.17, 15) is 4.79 Å². The lowest BCUT2D eigenvalue weighted by Crippen LogP contribution is -2.40. The monoisotopic (exact) mass is 287 g/mol. The summed E-state index contributed by atoms with van der Waals surface area (Å²) in [5.74, 6) is -0.198. The number of nitrogens with one attached hydrogen (secondary N) is 2. The summed E-state index contributed by atoms with van der Waals surface area (Å²) in [7, 11) is 0. The van der Waals surface area contributed by atoms with Gasteiger partial charge in [-0.1, -0.05) is 30.2 Å². The van der Waals surface area contributed by atoms with Gasteiger partial charge in [0.05, 0.1) is 11.1 Å². The zero-order chi connectivity index (χ0) is 14.7. The number of aromatic nitrogens is 4. The third-order valence-electron chi connectivity index (χ3n) is 4.06. The van der Waals surface area contributed by atoms with Gasteiger partial charge >= 0.3 is 5.97 Å². The first kappa shape index (κ1) is 13.7. The molecule has 3 N–H and O–H groups in total. The Kier molecular flexibility index (Phi) is 3.66. The van der Waals surface area contributed by atoms with Gasteiger partial charge in [0.25, 0.3) is 0 Å². The molecule has 1 heterocycles. The fourth-order valence-corrected chi connectivity index (χ4v) is 2.86. The Hall–Kier alpha value is -2.28. The SMILES string of the molecule is O=C(O)c1ccc(CNC2(c3nn[nH]n3)CCCC2)cc1. The molecule has 1 aromatic carbocycles. The van der Waals surface area contributed by atoms with Crippen molar-refractivity contribution in [3.05, 3.63) is 41.2 Å². The van der Waals surface area contributed by atoms with E-state index in [1.54, 1.807) is 12.1 Å². The van der Waals surface area contributed by atoms with Crippen LogP contribution in [0.15, 0.2) is 24.3 Å². The van der Waals surface area contributed by atoms with Gasteiger partial charge in [0.15, 0.2) is 5.82 Å². The number of carboxylic acids is 1. The zero-order valence-corrected chi connectivity index (χ0v) is 11.5. The van der Waals surface area contributed by atoms with Gasteiger partial charge in [0.2, 0.25) is 0 Å². The van der Waals surface area contributed by atoms with Crippen molar-refractivity contribution in [2.24, 2.45) is 0 Å². The summed E-state index contributed by atoms with van der Waals surface area (Å²) in [4.78, 5) is 10.8. The van der Waals surface area contributed by atoms with Gasteiger partial charge in [-0.25, -0.2) is 4.79 Å². The molecule has 1 saturated carbocycles. The zero-order valence-electron chi connectivity index (χ0n) is 11.5. The lowest BCUT2D eigenvalue weighted by atomic mass is 9.96. The van der Waals surface area contributed by atoms with Crippen molar-refractivity contribution in [1.29, 1.82) is 0 Å². The number of hydrogen-bond donors (Lipinski definition) is 3. The van der Waals surface area contributed by atoms with Crippen LogP contribution < -0.4 is 5.32 Å². The smallest absolute Gasteiger partial charge is 0.335 e. The minimum atomic E-state index is -0.909. The Morgan fingerprint density at radius 1 is 1.29 bits per heavy atom. The molecule has 1 aliphatic carbocycles. The van der Waals surface area contributed by atoms with Gasteiger partial charge in [0, 0.05) is 6.54 Å². The Labute approximate surface area is 121 Å². The topological polar surface area (TPSA) is 104 Å². The first-order valence-electron chi connectivity index (χ1n) is 7.01. The van der Waals surface area contributed by atoms with Crippen LogP contribution in [0.1, 0.15) is 47.4 Å². The van der Waals surface area contributed by atoms with Gasteiger partial charge in [-0.05, 0) is 30.5 Å². The number of carbonyl (C=O) groups is 1. The van der Waals surface area contributed by atoms with Crippen molar-refractivity contribution in [1.82, 2.24) is 25.9 Å². The predicted molar refractivity (Wildman–Crippen MR) is 74.6 cm³/mol. The molecule has 1 aliphatic rings. The third-order valence-corrected chi connectivity index (χ3v) is 4.06. The summed E-state index contributed by atoms with van der Waals surface area (Å²) in [6.45, 7) is 0.647. The molecule has 0 aliphatic heterocycles. The second kappa shape index (κ2) is 5.61. The number of H-pyrrole nitrogens is 1. The Morgan fingerprint density at radius 3 is 2.57 bits per heavy atom. The minimum absolute atomic E-state index is 0.224. The van der Waals surface area contributed by atoms with E-state index in [0.717, 1.165) is 31.2 Å². The Bertz CT molecular complexity index is 603. The summed E-state index contributed by atoms with van der Waals surface area (Å²) >= 11 is 0. The number of carboxylic acid groups (broad SMARTS) is 1. The van der Waals surface area contributed by atoms with Gasteiger partial charge in [-0.2, -0.15) is 5.21 Å². The maximum absolute atomic E-state index is 10.8. The van der Waals surface area contributed by atoms with E-state index in [1.165, 1.54) is 0 Å². The molecule has 0 amide bonds. The van der Waals surface area contributed by atoms with Crippen molar-refractivity contribution >= 4 is 5.97 Å². The van der Waals surface area contributed by atoms with E-state index in [2.05, 4.69) is 25.9 Å². The fourth-order valence-electron chi connectivity index (χ4n) is 2.86. The highest BCUT2D eigenvalue weighted by atomic mass is 16.4. The van der Waals surface area contributed by atoms with Crippen LogP contribution in [0.4, 0.5) is 0 Å². The highest BCUT2D eigenvalue weighted by molar-refractivity contribution is 5.87. The molecule has 7 heteroatoms. The fraction of sp³-hybridized carbons (Fsp3) is 0.429. The molecule has 110 valence electrons. The highest BCUT2D eigenvalue weighted by Crippen LogP contribution is 2.36. The van der Waals surface area contributed by atoms with Crippen LogP contribution in [0, 0.1) is 0 Å². The molecule has 1 aromatic heterocycles. The van der Waals surface area contributed by atoms with E-state index in [1.807, 2.05) is 12.1 Å². The van der Waals surface area contributed by atoms with Crippen LogP contribution in [0.3, 0.4) is 0 Å². The lowest BCUT2D eigenvalue weighted by molar-refractivity contribution is 0.0697. The van der Waals surface area contributed by atoms with Gasteiger partial charge in [0.1, 0.15) is 0 Å². The van der Waals surface area contributed by atoms with E-state index < -0.39 is 5.97 Å². The second-order valence-electron chi connectivity index (χ2n) is 5.38. The maximum Gasteiger partial charge on any atom is 0.335 e. The Balaban J connectivity index is 1.71. The molecule has 2 aromatic rings. The van der Waals surface area contributed by atoms with Crippen LogP contribution in [0.25, 0.3) is 0 Å². The van der Waals surface area contributed by atoms with Crippen LogP contribution in [0.5, 0.6) is 0 Å². The normalized spacial score (nSPS) is 17.0. The number of rotatable bonds is 5. The summed E-state index contributed by atoms with van der Waals surface area (Å²) in [6.07, 6.45) is 4.25. The average Bonchev–Trinajstić information content (AvgIpc) is 3.17. The largest absolute Gasteiger partial charge is 0.478 e. The minimum Gasteiger partial charge on any atom is -0.478 e. The molecule has 3 rings (SSSR count). The molecule has 0 atom stereocenters. The predicted octanol–water partition coefficient (Wildman–Crippen LogP) is 1.46.